The molecule has 0 saturated carbocycles. The molecule has 0 aliphatic rings. The molecular weight excluding hydrogens is 250 g/mol. The van der Waals surface area contributed by atoms with E-state index >= 15 is 0 Å². The van der Waals surface area contributed by atoms with Crippen LogP contribution in [0.15, 0.2) is 0 Å². The molecule has 0 aliphatic heterocycles. The monoisotopic (exact) mass is 267 g/mol. The van der Waals surface area contributed by atoms with Gasteiger partial charge in [0.15, 0.2) is 15.9 Å². The minimum atomic E-state index is -3.63. The number of amides is 1. The van der Waals surface area contributed by atoms with E-state index in [-0.39, 0.29) is 0 Å². The van der Waals surface area contributed by atoms with Crippen LogP contribution in [0.1, 0.15) is 13.8 Å². The first kappa shape index (κ1) is 15.9. The molecule has 1 unspecified atom stereocenters. The molecule has 2 N–H and O–H groups in total. The van der Waals surface area contributed by atoms with Crippen molar-refractivity contribution >= 4 is 21.7 Å². The summed E-state index contributed by atoms with van der Waals surface area (Å²) in [6, 6.07) is -1.27. The third-order valence-electron chi connectivity index (χ3n) is 2.45. The van der Waals surface area contributed by atoms with Crippen LogP contribution in [0.2, 0.25) is 0 Å². The largest absolute Gasteiger partial charge is 0.467 e. The second kappa shape index (κ2) is 5.46. The molecule has 0 heterocycles. The molecule has 0 spiro atoms. The normalized spacial score (nSPS) is 13.9. The van der Waals surface area contributed by atoms with Gasteiger partial charge in [-0.25, -0.2) is 13.2 Å². The molecule has 0 saturated heterocycles. The number of nitrogens with one attached hydrogen (secondary N) is 1. The van der Waals surface area contributed by atoms with Crippen LogP contribution in [-0.2, 0) is 24.2 Å². The summed E-state index contributed by atoms with van der Waals surface area (Å²) in [5, 5.41) is 11.0. The van der Waals surface area contributed by atoms with Crippen molar-refractivity contribution in [3.63, 3.8) is 0 Å². The summed E-state index contributed by atoms with van der Waals surface area (Å²) in [5.74, 6) is -1.71. The molecule has 0 aromatic rings. The fraction of sp³-hybridized carbons (Fsp3) is 0.778. The number of rotatable bonds is 5. The molecule has 0 aromatic heterocycles. The van der Waals surface area contributed by atoms with Gasteiger partial charge in [-0.1, -0.05) is 0 Å². The van der Waals surface area contributed by atoms with Crippen LogP contribution in [0.5, 0.6) is 0 Å². The molecular formula is C9H17NO6S. The summed E-state index contributed by atoms with van der Waals surface area (Å²) in [5.41, 5.74) is 0. The highest BCUT2D eigenvalue weighted by Gasteiger charge is 2.40. The standard InChI is InChI=1S/C9H17NO6S/c1-9(2,17(4,14)15)8(13)10-6(5-11)7(12)16-3/h6,11H,5H2,1-4H3,(H,10,13). The van der Waals surface area contributed by atoms with Gasteiger partial charge in [0.1, 0.15) is 4.75 Å². The molecule has 1 amide bonds. The first-order chi connectivity index (χ1) is 7.57. The van der Waals surface area contributed by atoms with Gasteiger partial charge in [-0.2, -0.15) is 0 Å². The summed E-state index contributed by atoms with van der Waals surface area (Å²) < 4.78 is 25.4. The number of aliphatic hydroxyl groups is 1. The Labute approximate surface area is 100 Å². The van der Waals surface area contributed by atoms with Crippen molar-refractivity contribution in [2.75, 3.05) is 20.0 Å². The van der Waals surface area contributed by atoms with Crippen molar-refractivity contribution in [3.05, 3.63) is 0 Å². The van der Waals surface area contributed by atoms with Crippen LogP contribution in [0.4, 0.5) is 0 Å². The molecule has 8 heteroatoms. The predicted molar refractivity (Wildman–Crippen MR) is 60.0 cm³/mol. The van der Waals surface area contributed by atoms with E-state index in [0.717, 1.165) is 13.4 Å². The van der Waals surface area contributed by atoms with E-state index in [1.165, 1.54) is 13.8 Å². The number of carbonyl (C=O) groups excluding carboxylic acids is 2. The Morgan fingerprint density at radius 1 is 1.41 bits per heavy atom. The summed E-state index contributed by atoms with van der Waals surface area (Å²) in [6.07, 6.45) is 0.915. The Morgan fingerprint density at radius 3 is 2.18 bits per heavy atom. The van der Waals surface area contributed by atoms with Gasteiger partial charge in [-0.3, -0.25) is 4.79 Å². The number of hydrogen-bond acceptors (Lipinski definition) is 6. The van der Waals surface area contributed by atoms with Crippen molar-refractivity contribution < 1.29 is 27.9 Å². The summed E-state index contributed by atoms with van der Waals surface area (Å²) in [7, 11) is -2.54. The van der Waals surface area contributed by atoms with Crippen molar-refractivity contribution in [2.24, 2.45) is 0 Å². The quantitative estimate of drug-likeness (QED) is 0.584. The minimum Gasteiger partial charge on any atom is -0.467 e. The van der Waals surface area contributed by atoms with Crippen LogP contribution < -0.4 is 5.32 Å². The summed E-state index contributed by atoms with van der Waals surface area (Å²) in [4.78, 5) is 22.8. The van der Waals surface area contributed by atoms with Crippen LogP contribution in [0.3, 0.4) is 0 Å². The lowest BCUT2D eigenvalue weighted by molar-refractivity contribution is -0.146. The highest BCUT2D eigenvalue weighted by atomic mass is 32.2. The molecule has 0 radical (unpaired) electrons. The van der Waals surface area contributed by atoms with E-state index in [1.54, 1.807) is 0 Å². The number of hydrogen-bond donors (Lipinski definition) is 2. The first-order valence-corrected chi connectivity index (χ1v) is 6.66. The second-order valence-electron chi connectivity index (χ2n) is 4.01. The minimum absolute atomic E-state index is 0.668. The topological polar surface area (TPSA) is 110 Å². The molecule has 17 heavy (non-hydrogen) atoms. The molecule has 0 aliphatic carbocycles. The van der Waals surface area contributed by atoms with Gasteiger partial charge in [0.05, 0.1) is 13.7 Å². The molecule has 100 valence electrons. The van der Waals surface area contributed by atoms with Gasteiger partial charge in [-0.05, 0) is 13.8 Å². The summed E-state index contributed by atoms with van der Waals surface area (Å²) in [6.45, 7) is 1.75. The smallest absolute Gasteiger partial charge is 0.330 e. The number of sulfone groups is 1. The number of methoxy groups -OCH3 is 1. The molecule has 0 aromatic carbocycles. The number of esters is 1. The lowest BCUT2D eigenvalue weighted by atomic mass is 10.1. The van der Waals surface area contributed by atoms with Crippen LogP contribution in [0.25, 0.3) is 0 Å². The van der Waals surface area contributed by atoms with Gasteiger partial charge >= 0.3 is 5.97 Å². The Bertz CT molecular complexity index is 400. The highest BCUT2D eigenvalue weighted by molar-refractivity contribution is 7.92. The third kappa shape index (κ3) is 3.67. The van der Waals surface area contributed by atoms with Crippen LogP contribution in [-0.4, -0.2) is 56.2 Å². The van der Waals surface area contributed by atoms with E-state index < -0.39 is 39.1 Å². The van der Waals surface area contributed by atoms with E-state index in [2.05, 4.69) is 10.1 Å². The predicted octanol–water partition coefficient (Wildman–Crippen LogP) is -1.54. The van der Waals surface area contributed by atoms with Gasteiger partial charge in [0.25, 0.3) is 0 Å². The Hall–Kier alpha value is -1.15. The van der Waals surface area contributed by atoms with Gasteiger partial charge < -0.3 is 15.2 Å². The second-order valence-corrected chi connectivity index (χ2v) is 6.58. The van der Waals surface area contributed by atoms with Crippen LogP contribution in [0, 0.1) is 0 Å². The Morgan fingerprint density at radius 2 is 1.88 bits per heavy atom. The average molecular weight is 267 g/mol. The molecule has 0 fully saturated rings. The van der Waals surface area contributed by atoms with E-state index in [0.29, 0.717) is 0 Å². The van der Waals surface area contributed by atoms with Crippen molar-refractivity contribution in [2.45, 2.75) is 24.6 Å². The lowest BCUT2D eigenvalue weighted by Crippen LogP contribution is -2.54. The van der Waals surface area contributed by atoms with E-state index in [4.69, 9.17) is 5.11 Å². The van der Waals surface area contributed by atoms with Crippen molar-refractivity contribution in [3.8, 4) is 0 Å². The number of carbonyl (C=O) groups is 2. The van der Waals surface area contributed by atoms with E-state index in [9.17, 15) is 18.0 Å². The third-order valence-corrected chi connectivity index (χ3v) is 4.49. The van der Waals surface area contributed by atoms with Gasteiger partial charge in [0.2, 0.25) is 5.91 Å². The first-order valence-electron chi connectivity index (χ1n) is 4.77. The Balaban J connectivity index is 4.92. The molecule has 0 rings (SSSR count). The van der Waals surface area contributed by atoms with Crippen molar-refractivity contribution in [1.82, 2.24) is 5.32 Å². The SMILES string of the molecule is COC(=O)C(CO)NC(=O)C(C)(C)S(C)(=O)=O. The number of aliphatic hydroxyl groups excluding tert-OH is 1. The molecule has 0 bridgehead atoms. The maximum atomic E-state index is 11.7. The molecule has 7 nitrogen and oxygen atoms in total. The van der Waals surface area contributed by atoms with Gasteiger partial charge in [-0.15, -0.1) is 0 Å². The van der Waals surface area contributed by atoms with Crippen molar-refractivity contribution in [1.29, 1.82) is 0 Å². The maximum Gasteiger partial charge on any atom is 0.330 e. The lowest BCUT2D eigenvalue weighted by Gasteiger charge is -2.23. The average Bonchev–Trinajstić information content (AvgIpc) is 2.22. The zero-order valence-electron chi connectivity index (χ0n) is 10.2. The maximum absolute atomic E-state index is 11.7. The molecule has 1 atom stereocenters. The highest BCUT2D eigenvalue weighted by Crippen LogP contribution is 2.15. The fourth-order valence-electron chi connectivity index (χ4n) is 0.822. The Kier molecular flexibility index (Phi) is 5.09. The number of ether oxygens (including phenoxy) is 1. The fourth-order valence-corrected chi connectivity index (χ4v) is 1.22. The van der Waals surface area contributed by atoms with Gasteiger partial charge in [0, 0.05) is 6.26 Å². The zero-order valence-corrected chi connectivity index (χ0v) is 11.0. The van der Waals surface area contributed by atoms with E-state index in [1.807, 2.05) is 0 Å². The van der Waals surface area contributed by atoms with Crippen LogP contribution >= 0.6 is 0 Å². The zero-order chi connectivity index (χ0) is 13.9. The summed E-state index contributed by atoms with van der Waals surface area (Å²) >= 11 is 0.